The highest BCUT2D eigenvalue weighted by molar-refractivity contribution is 5.24. The van der Waals surface area contributed by atoms with Crippen LogP contribution in [0.5, 0.6) is 0 Å². The molecule has 174 valence electrons. The molecule has 0 spiro atoms. The van der Waals surface area contributed by atoms with E-state index in [9.17, 15) is 0 Å². The second-order valence-electron chi connectivity index (χ2n) is 9.82. The van der Waals surface area contributed by atoms with Gasteiger partial charge in [0, 0.05) is 7.11 Å². The first-order valence-corrected chi connectivity index (χ1v) is 13.1. The van der Waals surface area contributed by atoms with Crippen LogP contribution in [0.15, 0.2) is 60.7 Å². The highest BCUT2D eigenvalue weighted by Gasteiger charge is 2.20. The number of rotatable bonds is 13. The molecule has 0 saturated heterocycles. The Balaban J connectivity index is 1.26. The lowest BCUT2D eigenvalue weighted by atomic mass is 9.77. The summed E-state index contributed by atoms with van der Waals surface area (Å²) in [5, 5.41) is 0. The number of hydrogen-bond donors (Lipinski definition) is 0. The van der Waals surface area contributed by atoms with Crippen LogP contribution in [0.25, 0.3) is 0 Å². The second-order valence-corrected chi connectivity index (χ2v) is 9.82. The van der Waals surface area contributed by atoms with Crippen LogP contribution in [-0.4, -0.2) is 7.11 Å². The zero-order valence-corrected chi connectivity index (χ0v) is 20.5. The molecule has 0 heterocycles. The van der Waals surface area contributed by atoms with Crippen LogP contribution in [0.4, 0.5) is 0 Å². The first-order chi connectivity index (χ1) is 15.8. The van der Waals surface area contributed by atoms with E-state index in [4.69, 9.17) is 4.74 Å². The van der Waals surface area contributed by atoms with Gasteiger partial charge in [-0.2, -0.15) is 0 Å². The van der Waals surface area contributed by atoms with Crippen molar-refractivity contribution in [1.29, 1.82) is 0 Å². The van der Waals surface area contributed by atoms with Crippen LogP contribution in [0.1, 0.15) is 87.0 Å². The van der Waals surface area contributed by atoms with E-state index in [1.165, 1.54) is 86.5 Å². The lowest BCUT2D eigenvalue weighted by molar-refractivity contribution is 0.185. The summed E-state index contributed by atoms with van der Waals surface area (Å²) in [6.07, 6.45) is 20.5. The Morgan fingerprint density at radius 3 is 1.88 bits per heavy atom. The second kappa shape index (κ2) is 14.3. The lowest BCUT2D eigenvalue weighted by Gasteiger charge is -2.28. The van der Waals surface area contributed by atoms with Crippen molar-refractivity contribution in [2.24, 2.45) is 11.8 Å². The van der Waals surface area contributed by atoms with E-state index in [1.807, 2.05) is 0 Å². The topological polar surface area (TPSA) is 9.23 Å². The van der Waals surface area contributed by atoms with Crippen molar-refractivity contribution in [3.05, 3.63) is 82.9 Å². The summed E-state index contributed by atoms with van der Waals surface area (Å²) in [6, 6.07) is 18.3. The quantitative estimate of drug-likeness (QED) is 0.228. The van der Waals surface area contributed by atoms with E-state index in [1.54, 1.807) is 7.11 Å². The van der Waals surface area contributed by atoms with Gasteiger partial charge in [-0.05, 0) is 72.6 Å². The molecule has 3 rings (SSSR count). The molecule has 1 heteroatoms. The minimum Gasteiger partial charge on any atom is -0.380 e. The Morgan fingerprint density at radius 2 is 1.25 bits per heavy atom. The maximum absolute atomic E-state index is 5.20. The molecule has 1 nitrogen and oxygen atoms in total. The van der Waals surface area contributed by atoms with Gasteiger partial charge in [-0.15, -0.1) is 0 Å². The van der Waals surface area contributed by atoms with E-state index in [0.29, 0.717) is 6.61 Å². The van der Waals surface area contributed by atoms with Crippen molar-refractivity contribution in [3.8, 4) is 0 Å². The summed E-state index contributed by atoms with van der Waals surface area (Å²) in [5.74, 6) is 1.93. The predicted molar refractivity (Wildman–Crippen MR) is 138 cm³/mol. The summed E-state index contributed by atoms with van der Waals surface area (Å²) < 4.78 is 5.20. The maximum Gasteiger partial charge on any atom is 0.0713 e. The SMILES string of the molecule is CCC=CCc1ccc(CCC2CCC(CCCCc3ccc(COC)cc3)CC2)cc1. The van der Waals surface area contributed by atoms with Gasteiger partial charge in [0.05, 0.1) is 6.61 Å². The molecule has 0 aromatic heterocycles. The fourth-order valence-electron chi connectivity index (χ4n) is 5.14. The minimum absolute atomic E-state index is 0.714. The number of benzene rings is 2. The molecule has 1 aliphatic rings. The van der Waals surface area contributed by atoms with E-state index in [0.717, 1.165) is 24.7 Å². The molecule has 0 unspecified atom stereocenters. The smallest absolute Gasteiger partial charge is 0.0713 e. The Kier molecular flexibility index (Phi) is 11.1. The van der Waals surface area contributed by atoms with Crippen molar-refractivity contribution in [2.75, 3.05) is 7.11 Å². The van der Waals surface area contributed by atoms with E-state index in [2.05, 4.69) is 67.6 Å². The molecule has 0 radical (unpaired) electrons. The van der Waals surface area contributed by atoms with Gasteiger partial charge in [-0.3, -0.25) is 0 Å². The third-order valence-electron chi connectivity index (χ3n) is 7.25. The first kappa shape index (κ1) is 24.8. The Bertz CT molecular complexity index is 763. The summed E-state index contributed by atoms with van der Waals surface area (Å²) in [4.78, 5) is 0. The van der Waals surface area contributed by atoms with Gasteiger partial charge in [-0.25, -0.2) is 0 Å². The van der Waals surface area contributed by atoms with Crippen LogP contribution in [0.3, 0.4) is 0 Å². The monoisotopic (exact) mass is 432 g/mol. The van der Waals surface area contributed by atoms with Crippen molar-refractivity contribution < 1.29 is 4.74 Å². The summed E-state index contributed by atoms with van der Waals surface area (Å²) in [6.45, 7) is 2.91. The molecule has 0 bridgehead atoms. The van der Waals surface area contributed by atoms with E-state index >= 15 is 0 Å². The van der Waals surface area contributed by atoms with Gasteiger partial charge in [0.1, 0.15) is 0 Å². The molecule has 2 aromatic rings. The fourth-order valence-corrected chi connectivity index (χ4v) is 5.14. The third kappa shape index (κ3) is 8.94. The number of allylic oxidation sites excluding steroid dienone is 2. The molecular weight excluding hydrogens is 388 g/mol. The summed E-state index contributed by atoms with van der Waals surface area (Å²) in [7, 11) is 1.76. The van der Waals surface area contributed by atoms with E-state index < -0.39 is 0 Å². The zero-order valence-electron chi connectivity index (χ0n) is 20.5. The normalized spacial score (nSPS) is 18.9. The molecule has 1 saturated carbocycles. The molecule has 0 aliphatic heterocycles. The Labute approximate surface area is 197 Å². The standard InChI is InChI=1S/C31H44O/c1-3-4-5-8-26-11-15-29(16-12-26)19-20-30-17-13-27(14-18-30)9-6-7-10-28-21-23-31(24-22-28)25-32-2/h4-5,11-12,15-16,21-24,27,30H,3,6-10,13-14,17-20,25H2,1-2H3. The van der Waals surface area contributed by atoms with Crippen LogP contribution in [0, 0.1) is 11.8 Å². The van der Waals surface area contributed by atoms with Crippen molar-refractivity contribution in [2.45, 2.75) is 90.6 Å². The van der Waals surface area contributed by atoms with Crippen molar-refractivity contribution >= 4 is 0 Å². The number of aryl methyl sites for hydroxylation is 2. The molecule has 0 amide bonds. The molecule has 32 heavy (non-hydrogen) atoms. The highest BCUT2D eigenvalue weighted by Crippen LogP contribution is 2.34. The molecule has 2 aromatic carbocycles. The van der Waals surface area contributed by atoms with Crippen LogP contribution < -0.4 is 0 Å². The zero-order chi connectivity index (χ0) is 22.4. The van der Waals surface area contributed by atoms with Crippen molar-refractivity contribution in [3.63, 3.8) is 0 Å². The van der Waals surface area contributed by atoms with Gasteiger partial charge in [-0.1, -0.05) is 106 Å². The van der Waals surface area contributed by atoms with Gasteiger partial charge in [0.2, 0.25) is 0 Å². The number of hydrogen-bond acceptors (Lipinski definition) is 1. The number of methoxy groups -OCH3 is 1. The number of unbranched alkanes of at least 4 members (excludes halogenated alkanes) is 1. The van der Waals surface area contributed by atoms with Gasteiger partial charge in [0.15, 0.2) is 0 Å². The molecule has 0 N–H and O–H groups in total. The van der Waals surface area contributed by atoms with Crippen LogP contribution in [-0.2, 0) is 30.6 Å². The first-order valence-electron chi connectivity index (χ1n) is 13.1. The maximum atomic E-state index is 5.20. The third-order valence-corrected chi connectivity index (χ3v) is 7.25. The Hall–Kier alpha value is -1.86. The van der Waals surface area contributed by atoms with Gasteiger partial charge >= 0.3 is 0 Å². The van der Waals surface area contributed by atoms with Gasteiger partial charge in [0.25, 0.3) is 0 Å². The highest BCUT2D eigenvalue weighted by atomic mass is 16.5. The van der Waals surface area contributed by atoms with Crippen LogP contribution in [0.2, 0.25) is 0 Å². The predicted octanol–water partition coefficient (Wildman–Crippen LogP) is 8.49. The van der Waals surface area contributed by atoms with Gasteiger partial charge < -0.3 is 4.74 Å². The minimum atomic E-state index is 0.714. The molecular formula is C31H44O. The molecule has 1 fully saturated rings. The average Bonchev–Trinajstić information content (AvgIpc) is 2.83. The molecule has 1 aliphatic carbocycles. The van der Waals surface area contributed by atoms with E-state index in [-0.39, 0.29) is 0 Å². The fraction of sp³-hybridized carbons (Fsp3) is 0.548. The summed E-state index contributed by atoms with van der Waals surface area (Å²) in [5.41, 5.74) is 5.69. The average molecular weight is 433 g/mol. The Morgan fingerprint density at radius 1 is 0.688 bits per heavy atom. The van der Waals surface area contributed by atoms with Crippen LogP contribution >= 0.6 is 0 Å². The molecule has 0 atom stereocenters. The van der Waals surface area contributed by atoms with Crippen molar-refractivity contribution in [1.82, 2.24) is 0 Å². The lowest BCUT2D eigenvalue weighted by Crippen LogP contribution is -2.15. The number of ether oxygens (including phenoxy) is 1. The summed E-state index contributed by atoms with van der Waals surface area (Å²) >= 11 is 0. The largest absolute Gasteiger partial charge is 0.380 e.